The Kier molecular flexibility index (Phi) is 12.4. The van der Waals surface area contributed by atoms with E-state index in [1.54, 1.807) is 7.05 Å². The van der Waals surface area contributed by atoms with Crippen molar-refractivity contribution in [2.24, 2.45) is 22.9 Å². The molecule has 42 heavy (non-hydrogen) atoms. The molecule has 3 saturated heterocycles. The molecule has 0 aromatic heterocycles. The smallest absolute Gasteiger partial charge is 0.394 e. The molecule has 4 fully saturated rings. The maximum absolute atomic E-state index is 11.1. The number of ether oxygens (including phenoxy) is 5. The molecule has 4 aliphatic rings. The van der Waals surface area contributed by atoms with E-state index in [0.29, 0.717) is 0 Å². The fraction of sp³-hybridized carbons (Fsp3) is 1.00. The van der Waals surface area contributed by atoms with Gasteiger partial charge in [0.25, 0.3) is 0 Å². The van der Waals surface area contributed by atoms with Gasteiger partial charge >= 0.3 is 10.4 Å². The van der Waals surface area contributed by atoms with E-state index in [1.165, 1.54) is 0 Å². The molecule has 0 bridgehead atoms. The van der Waals surface area contributed by atoms with Crippen LogP contribution >= 0.6 is 0 Å². The Morgan fingerprint density at radius 1 is 0.762 bits per heavy atom. The molecule has 0 radical (unpaired) electrons. The summed E-state index contributed by atoms with van der Waals surface area (Å²) in [7, 11) is -3.11. The van der Waals surface area contributed by atoms with Crippen LogP contribution in [0.2, 0.25) is 0 Å². The molecule has 1 saturated carbocycles. The first-order chi connectivity index (χ1) is 19.5. The predicted molar refractivity (Wildman–Crippen MR) is 137 cm³/mol. The van der Waals surface area contributed by atoms with Gasteiger partial charge in [-0.3, -0.25) is 9.11 Å². The van der Waals surface area contributed by atoms with Crippen LogP contribution in [0.4, 0.5) is 0 Å². The molecule has 0 spiro atoms. The van der Waals surface area contributed by atoms with Gasteiger partial charge in [0, 0.05) is 12.1 Å². The maximum Gasteiger partial charge on any atom is 0.394 e. The number of rotatable bonds is 6. The summed E-state index contributed by atoms with van der Waals surface area (Å²) in [5.74, 6) is 0. The average molecular weight is 638 g/mol. The van der Waals surface area contributed by atoms with Crippen LogP contribution in [0.25, 0.3) is 0 Å². The van der Waals surface area contributed by atoms with Crippen molar-refractivity contribution in [3.8, 4) is 0 Å². The second-order valence-corrected chi connectivity index (χ2v) is 11.6. The van der Waals surface area contributed by atoms with Crippen LogP contribution in [0.3, 0.4) is 0 Å². The van der Waals surface area contributed by atoms with Gasteiger partial charge in [0.1, 0.15) is 42.7 Å². The largest absolute Gasteiger partial charge is 0.394 e. The van der Waals surface area contributed by atoms with E-state index >= 15 is 0 Å². The first-order valence-corrected chi connectivity index (χ1v) is 14.6. The lowest BCUT2D eigenvalue weighted by molar-refractivity contribution is -0.373. The third kappa shape index (κ3) is 8.28. The summed E-state index contributed by atoms with van der Waals surface area (Å²) in [6.07, 6.45) is -13.7. The van der Waals surface area contributed by atoms with Crippen molar-refractivity contribution in [2.75, 3.05) is 13.7 Å². The summed E-state index contributed by atoms with van der Waals surface area (Å²) in [4.78, 5) is 0. The third-order valence-electron chi connectivity index (χ3n) is 7.74. The Morgan fingerprint density at radius 2 is 1.38 bits per heavy atom. The minimum Gasteiger partial charge on any atom is -0.394 e. The van der Waals surface area contributed by atoms with E-state index in [4.69, 9.17) is 64.1 Å². The highest BCUT2D eigenvalue weighted by molar-refractivity contribution is 7.79. The molecule has 0 aromatic rings. The molecule has 0 unspecified atom stereocenters. The van der Waals surface area contributed by atoms with Crippen molar-refractivity contribution in [2.45, 2.75) is 117 Å². The number of hydrogen-bond acceptors (Lipinski definition) is 18. The zero-order chi connectivity index (χ0) is 31.7. The van der Waals surface area contributed by atoms with Crippen molar-refractivity contribution in [3.63, 3.8) is 0 Å². The minimum absolute atomic E-state index is 0.156. The Labute approximate surface area is 241 Å². The van der Waals surface area contributed by atoms with Gasteiger partial charge in [0.15, 0.2) is 18.9 Å². The van der Waals surface area contributed by atoms with Gasteiger partial charge in [-0.2, -0.15) is 8.42 Å². The molecule has 17 N–H and O–H groups in total. The Morgan fingerprint density at radius 3 is 1.95 bits per heavy atom. The number of fused-ring (bicyclic) bond motifs is 1. The highest BCUT2D eigenvalue weighted by Crippen LogP contribution is 2.35. The van der Waals surface area contributed by atoms with Crippen LogP contribution in [-0.2, 0) is 34.1 Å². The van der Waals surface area contributed by atoms with Crippen LogP contribution < -0.4 is 28.3 Å². The summed E-state index contributed by atoms with van der Waals surface area (Å²) in [6, 6.07) is -4.05. The molecule has 0 amide bonds. The van der Waals surface area contributed by atoms with Crippen LogP contribution in [0, 0.1) is 0 Å². The zero-order valence-corrected chi connectivity index (χ0v) is 23.4. The molecular formula is C21H43N5O15S. The fourth-order valence-corrected chi connectivity index (χ4v) is 5.46. The Hall–Kier alpha value is -0.770. The number of hydrogen-bond donors (Lipinski definition) is 13. The first kappa shape index (κ1) is 35.7. The second-order valence-electron chi connectivity index (χ2n) is 10.7. The normalized spacial score (nSPS) is 49.9. The Balaban J connectivity index is 0.000000892. The van der Waals surface area contributed by atoms with E-state index in [-0.39, 0.29) is 12.8 Å². The number of nitrogens with two attached hydrogens (primary N) is 4. The quantitative estimate of drug-likeness (QED) is 0.120. The number of aliphatic hydroxyl groups excluding tert-OH is 6. The van der Waals surface area contributed by atoms with Gasteiger partial charge in [0.05, 0.1) is 36.9 Å². The van der Waals surface area contributed by atoms with E-state index < -0.39 is 121 Å². The molecule has 21 heteroatoms. The predicted octanol–water partition coefficient (Wildman–Crippen LogP) is -7.60. The van der Waals surface area contributed by atoms with Crippen LogP contribution in [0.15, 0.2) is 0 Å². The summed E-state index contributed by atoms with van der Waals surface area (Å²) >= 11 is 0. The summed E-state index contributed by atoms with van der Waals surface area (Å²) in [6.45, 7) is -0.508. The van der Waals surface area contributed by atoms with Crippen LogP contribution in [0.5, 0.6) is 0 Å². The van der Waals surface area contributed by atoms with E-state index in [9.17, 15) is 30.6 Å². The molecule has 20 nitrogen and oxygen atoms in total. The monoisotopic (exact) mass is 637 g/mol. The number of likely N-dealkylation sites (N-methyl/N-ethyl adjacent to an activating group) is 1. The van der Waals surface area contributed by atoms with Gasteiger partial charge < -0.3 is 82.6 Å². The van der Waals surface area contributed by atoms with Crippen LogP contribution in [0.1, 0.15) is 12.8 Å². The third-order valence-corrected chi connectivity index (χ3v) is 7.74. The lowest BCUT2D eigenvalue weighted by Gasteiger charge is -2.51. The molecule has 4 rings (SSSR count). The number of nitrogens with one attached hydrogen (secondary N) is 1. The van der Waals surface area contributed by atoms with Crippen molar-refractivity contribution >= 4 is 10.4 Å². The van der Waals surface area contributed by atoms with Crippen molar-refractivity contribution in [3.05, 3.63) is 0 Å². The lowest BCUT2D eigenvalue weighted by atomic mass is 9.84. The van der Waals surface area contributed by atoms with Crippen LogP contribution in [-0.4, -0.2) is 166 Å². The van der Waals surface area contributed by atoms with Gasteiger partial charge in [-0.05, 0) is 19.9 Å². The van der Waals surface area contributed by atoms with E-state index in [2.05, 4.69) is 5.32 Å². The lowest BCUT2D eigenvalue weighted by Crippen LogP contribution is -2.70. The average Bonchev–Trinajstić information content (AvgIpc) is 2.90. The highest BCUT2D eigenvalue weighted by atomic mass is 32.3. The fourth-order valence-electron chi connectivity index (χ4n) is 5.46. The highest BCUT2D eigenvalue weighted by Gasteiger charge is 2.54. The van der Waals surface area contributed by atoms with Gasteiger partial charge in [-0.25, -0.2) is 0 Å². The van der Waals surface area contributed by atoms with Gasteiger partial charge in [0.2, 0.25) is 0 Å². The molecule has 1 aliphatic carbocycles. The molecule has 3 heterocycles. The topological polar surface area (TPSA) is 358 Å². The van der Waals surface area contributed by atoms with Crippen molar-refractivity contribution in [1.29, 1.82) is 0 Å². The summed E-state index contributed by atoms with van der Waals surface area (Å²) in [5, 5.41) is 64.7. The molecule has 17 atom stereocenters. The zero-order valence-electron chi connectivity index (χ0n) is 22.6. The minimum atomic E-state index is -4.67. The standard InChI is InChI=1S/C21H41N5O11.H2O4S/c1-26-11-14(30)18-8(33-20(11)37-21-16(32)13(29)10(25)9(4-27)34-21)3-7(24)19(36-18)35-17-6(23)2-5(22)12(28)15(17)31;1-5(2,3)4/h5-21,26-32H,2-4,22-25H2,1H3;(H2,1,2,3,4)/t5-,6+,7+,8-,9+,10+,11-,12+,13-,14+,15-,16+,17-,18-,19-,20+,21+;/m0./s1. The SMILES string of the molecule is CN[C@@H]1[C@@H](O[C@H]2O[C@H](CO)[C@@H](N)[C@H](O)[C@H]2O)O[C@H]2C[C@@H](N)[C@@H](O[C@@H]3[C@@H](O)[C@H](O)[C@@H](N)C[C@H]3N)O[C@@H]2[C@@H]1O.O=S(=O)(O)O. The van der Waals surface area contributed by atoms with Gasteiger partial charge in [-0.1, -0.05) is 0 Å². The maximum atomic E-state index is 11.1. The Bertz CT molecular complexity index is 960. The van der Waals surface area contributed by atoms with E-state index in [0.717, 1.165) is 0 Å². The molecular weight excluding hydrogens is 594 g/mol. The molecule has 248 valence electrons. The number of aliphatic hydroxyl groups is 6. The summed E-state index contributed by atoms with van der Waals surface area (Å²) < 4.78 is 60.8. The van der Waals surface area contributed by atoms with Gasteiger partial charge in [-0.15, -0.1) is 0 Å². The van der Waals surface area contributed by atoms with E-state index in [1.807, 2.05) is 0 Å². The first-order valence-electron chi connectivity index (χ1n) is 13.2. The summed E-state index contributed by atoms with van der Waals surface area (Å²) in [5.41, 5.74) is 24.0. The second kappa shape index (κ2) is 14.6. The molecule has 0 aromatic carbocycles. The van der Waals surface area contributed by atoms with Crippen molar-refractivity contribution < 1.29 is 71.8 Å². The van der Waals surface area contributed by atoms with Crippen molar-refractivity contribution in [1.82, 2.24) is 5.32 Å². The molecule has 3 aliphatic heterocycles.